The van der Waals surface area contributed by atoms with Crippen LogP contribution in [0.15, 0.2) is 25.2 Å². The van der Waals surface area contributed by atoms with E-state index >= 15 is 0 Å². The van der Waals surface area contributed by atoms with Crippen molar-refractivity contribution in [3.05, 3.63) is 25.2 Å². The molecule has 1 N–H and O–H groups in total. The van der Waals surface area contributed by atoms with Crippen LogP contribution < -0.4 is 5.32 Å². The summed E-state index contributed by atoms with van der Waals surface area (Å²) in [5.74, 6) is 0. The van der Waals surface area contributed by atoms with Gasteiger partial charge in [0.05, 0.1) is 6.67 Å². The molecule has 0 spiro atoms. The van der Waals surface area contributed by atoms with E-state index in [1.807, 2.05) is 17.3 Å². The van der Waals surface area contributed by atoms with Gasteiger partial charge >= 0.3 is 0 Å². The fraction of sp³-hybridized carbons (Fsp3) is 0.333. The van der Waals surface area contributed by atoms with Gasteiger partial charge in [0.25, 0.3) is 0 Å². The minimum atomic E-state index is 0.958. The number of hydrogen-bond donors (Lipinski definition) is 1. The molecule has 5 nitrogen and oxygen atoms in total. The van der Waals surface area contributed by atoms with Gasteiger partial charge in [-0.05, 0) is 13.1 Å². The minimum absolute atomic E-state index is 0.958. The maximum atomic E-state index is 7.48. The first kappa shape index (κ1) is 11.9. The van der Waals surface area contributed by atoms with E-state index in [1.54, 1.807) is 5.32 Å². The van der Waals surface area contributed by atoms with Gasteiger partial charge in [0.15, 0.2) is 12.4 Å². The van der Waals surface area contributed by atoms with Gasteiger partial charge in [-0.2, -0.15) is 10.5 Å². The lowest BCUT2D eigenvalue weighted by molar-refractivity contribution is 0.328. The first-order chi connectivity index (χ1) is 6.78. The van der Waals surface area contributed by atoms with Crippen molar-refractivity contribution < 1.29 is 0 Å². The zero-order chi connectivity index (χ0) is 10.8. The summed E-state index contributed by atoms with van der Waals surface area (Å²) < 4.78 is 0. The molecule has 5 heteroatoms. The van der Waals surface area contributed by atoms with Crippen LogP contribution in [0.5, 0.6) is 0 Å². The number of hydrogen-bond acceptors (Lipinski definition) is 5. The second kappa shape index (κ2) is 7.51. The van der Waals surface area contributed by atoms with E-state index in [2.05, 4.69) is 24.6 Å². The van der Waals surface area contributed by atoms with Gasteiger partial charge in [-0.15, -0.1) is 0 Å². The topological polar surface area (TPSA) is 66.1 Å². The standard InChI is InChI=1S/C7H12N2.C2HN3/c1-3-8-5-6-9(4-2)7-8;3-1-5-2-4/h3,5-6H,1,4,7H2,2H3;5H. The molecule has 0 unspecified atom stereocenters. The normalized spacial score (nSPS) is 12.2. The Morgan fingerprint density at radius 1 is 1.50 bits per heavy atom. The second-order valence-electron chi connectivity index (χ2n) is 2.39. The highest BCUT2D eigenvalue weighted by Gasteiger charge is 2.05. The summed E-state index contributed by atoms with van der Waals surface area (Å²) >= 11 is 0. The van der Waals surface area contributed by atoms with Crippen LogP contribution in [-0.4, -0.2) is 23.0 Å². The van der Waals surface area contributed by atoms with Gasteiger partial charge in [-0.25, -0.2) is 5.32 Å². The van der Waals surface area contributed by atoms with E-state index in [-0.39, 0.29) is 0 Å². The predicted octanol–water partition coefficient (Wildman–Crippen LogP) is 0.734. The monoisotopic (exact) mass is 191 g/mol. The molecule has 0 aromatic carbocycles. The summed E-state index contributed by atoms with van der Waals surface area (Å²) in [4.78, 5) is 4.26. The van der Waals surface area contributed by atoms with E-state index in [0.717, 1.165) is 13.2 Å². The highest BCUT2D eigenvalue weighted by molar-refractivity contribution is 4.94. The Morgan fingerprint density at radius 2 is 2.14 bits per heavy atom. The molecule has 74 valence electrons. The molecule has 1 rings (SSSR count). The van der Waals surface area contributed by atoms with Crippen molar-refractivity contribution in [2.45, 2.75) is 6.92 Å². The molecule has 0 atom stereocenters. The van der Waals surface area contributed by atoms with Crippen molar-refractivity contribution in [3.63, 3.8) is 0 Å². The SMILES string of the molecule is C=CN1C=CN(CC)C1.N#CNC#N. The van der Waals surface area contributed by atoms with Gasteiger partial charge < -0.3 is 9.80 Å². The Kier molecular flexibility index (Phi) is 6.36. The van der Waals surface area contributed by atoms with Crippen LogP contribution in [0, 0.1) is 22.9 Å². The van der Waals surface area contributed by atoms with Crippen molar-refractivity contribution >= 4 is 0 Å². The highest BCUT2D eigenvalue weighted by atomic mass is 15.3. The molecule has 1 aliphatic heterocycles. The molecular formula is C9H13N5. The summed E-state index contributed by atoms with van der Waals surface area (Å²) in [6, 6.07) is 0. The highest BCUT2D eigenvalue weighted by Crippen LogP contribution is 2.04. The smallest absolute Gasteiger partial charge is 0.190 e. The average molecular weight is 191 g/mol. The molecule has 14 heavy (non-hydrogen) atoms. The molecule has 0 saturated heterocycles. The quantitative estimate of drug-likeness (QED) is 0.515. The molecule has 0 bridgehead atoms. The lowest BCUT2D eigenvalue weighted by Crippen LogP contribution is -2.20. The zero-order valence-electron chi connectivity index (χ0n) is 8.14. The van der Waals surface area contributed by atoms with Crippen LogP contribution >= 0.6 is 0 Å². The first-order valence-corrected chi connectivity index (χ1v) is 4.12. The molecule has 0 amide bonds. The van der Waals surface area contributed by atoms with Gasteiger partial charge in [0, 0.05) is 18.9 Å². The van der Waals surface area contributed by atoms with Crippen LogP contribution in [-0.2, 0) is 0 Å². The maximum absolute atomic E-state index is 7.48. The van der Waals surface area contributed by atoms with Crippen molar-refractivity contribution in [1.82, 2.24) is 15.1 Å². The third-order valence-corrected chi connectivity index (χ3v) is 1.57. The minimum Gasteiger partial charge on any atom is -0.359 e. The van der Waals surface area contributed by atoms with Crippen molar-refractivity contribution in [2.24, 2.45) is 0 Å². The molecular weight excluding hydrogens is 178 g/mol. The summed E-state index contributed by atoms with van der Waals surface area (Å²) in [5.41, 5.74) is 0. The van der Waals surface area contributed by atoms with E-state index in [0.29, 0.717) is 0 Å². The zero-order valence-corrected chi connectivity index (χ0v) is 8.14. The average Bonchev–Trinajstić information content (AvgIpc) is 2.67. The van der Waals surface area contributed by atoms with Crippen LogP contribution in [0.3, 0.4) is 0 Å². The van der Waals surface area contributed by atoms with Crippen LogP contribution in [0.1, 0.15) is 6.92 Å². The van der Waals surface area contributed by atoms with Crippen molar-refractivity contribution in [3.8, 4) is 12.4 Å². The third kappa shape index (κ3) is 4.68. The van der Waals surface area contributed by atoms with Gasteiger partial charge in [0.1, 0.15) is 0 Å². The molecule has 1 aliphatic rings. The van der Waals surface area contributed by atoms with E-state index in [1.165, 1.54) is 12.4 Å². The Hall–Kier alpha value is -2.14. The summed E-state index contributed by atoms with van der Waals surface area (Å²) in [7, 11) is 0. The van der Waals surface area contributed by atoms with Crippen LogP contribution in [0.4, 0.5) is 0 Å². The number of nitrogens with one attached hydrogen (secondary N) is 1. The molecule has 1 heterocycles. The molecule has 0 radical (unpaired) electrons. The van der Waals surface area contributed by atoms with Crippen molar-refractivity contribution in [2.75, 3.05) is 13.2 Å². The summed E-state index contributed by atoms with van der Waals surface area (Å²) in [6.45, 7) is 7.82. The Labute approximate surface area is 84.1 Å². The number of nitrogens with zero attached hydrogens (tertiary/aromatic N) is 4. The van der Waals surface area contributed by atoms with Gasteiger partial charge in [-0.1, -0.05) is 6.58 Å². The lowest BCUT2D eigenvalue weighted by Gasteiger charge is -2.15. The maximum Gasteiger partial charge on any atom is 0.190 e. The Morgan fingerprint density at radius 3 is 2.36 bits per heavy atom. The second-order valence-corrected chi connectivity index (χ2v) is 2.39. The van der Waals surface area contributed by atoms with E-state index in [4.69, 9.17) is 10.5 Å². The summed E-state index contributed by atoms with van der Waals surface area (Å²) in [5, 5.41) is 16.7. The molecule has 0 aliphatic carbocycles. The molecule has 0 aromatic heterocycles. The first-order valence-electron chi connectivity index (χ1n) is 4.12. The largest absolute Gasteiger partial charge is 0.359 e. The van der Waals surface area contributed by atoms with E-state index < -0.39 is 0 Å². The third-order valence-electron chi connectivity index (χ3n) is 1.57. The van der Waals surface area contributed by atoms with E-state index in [9.17, 15) is 0 Å². The Bertz CT molecular complexity index is 258. The number of nitriles is 2. The predicted molar refractivity (Wildman–Crippen MR) is 52.8 cm³/mol. The number of rotatable bonds is 2. The lowest BCUT2D eigenvalue weighted by atomic mass is 10.6. The fourth-order valence-electron chi connectivity index (χ4n) is 0.833. The summed E-state index contributed by atoms with van der Waals surface area (Å²) in [6.07, 6.45) is 8.73. The van der Waals surface area contributed by atoms with Crippen molar-refractivity contribution in [1.29, 1.82) is 10.5 Å². The van der Waals surface area contributed by atoms with Crippen LogP contribution in [0.25, 0.3) is 0 Å². The molecule has 0 aromatic rings. The Balaban J connectivity index is 0.000000292. The van der Waals surface area contributed by atoms with Gasteiger partial charge in [0.2, 0.25) is 0 Å². The van der Waals surface area contributed by atoms with Crippen LogP contribution in [0.2, 0.25) is 0 Å². The fourth-order valence-corrected chi connectivity index (χ4v) is 0.833. The van der Waals surface area contributed by atoms with Gasteiger partial charge in [-0.3, -0.25) is 0 Å². The molecule has 0 saturated carbocycles. The molecule has 0 fully saturated rings.